The second-order valence-corrected chi connectivity index (χ2v) is 16.7. The lowest BCUT2D eigenvalue weighted by molar-refractivity contribution is -0.793. The molecule has 1 saturated heterocycles. The minimum absolute atomic E-state index is 0.00795. The molecule has 15 nitrogen and oxygen atoms in total. The molecular weight excluding hydrogens is 750 g/mol. The maximum Gasteiger partial charge on any atom is 0.222 e. The van der Waals surface area contributed by atoms with Gasteiger partial charge in [-0.15, -0.1) is 0 Å². The van der Waals surface area contributed by atoms with Crippen molar-refractivity contribution in [1.29, 1.82) is 0 Å². The number of carbonyl (C=O) groups excluding carboxylic acids is 1. The fourth-order valence-corrected chi connectivity index (χ4v) is 9.75. The molecule has 310 valence electrons. The molecule has 5 aliphatic rings. The highest BCUT2D eigenvalue weighted by molar-refractivity contribution is 5.90. The van der Waals surface area contributed by atoms with Gasteiger partial charge in [0.15, 0.2) is 11.2 Å². The summed E-state index contributed by atoms with van der Waals surface area (Å²) >= 11 is 0. The van der Waals surface area contributed by atoms with Gasteiger partial charge in [-0.3, -0.25) is 19.5 Å². The van der Waals surface area contributed by atoms with Crippen molar-refractivity contribution in [3.63, 3.8) is 0 Å². The first-order valence-electron chi connectivity index (χ1n) is 20.2. The van der Waals surface area contributed by atoms with Crippen LogP contribution < -0.4 is 20.4 Å². The number of benzene rings is 2. The molecular formula is C43H52N3O12+. The highest BCUT2D eigenvalue weighted by Crippen LogP contribution is 2.51. The lowest BCUT2D eigenvalue weighted by Gasteiger charge is -2.49. The third-order valence-electron chi connectivity index (χ3n) is 12.8. The number of nitrogens with zero attached hydrogens (tertiary/aromatic N) is 1. The minimum Gasteiger partial charge on any atom is -0.508 e. The van der Waals surface area contributed by atoms with Gasteiger partial charge in [-0.25, -0.2) is 9.78 Å². The molecule has 1 aliphatic carbocycles. The summed E-state index contributed by atoms with van der Waals surface area (Å²) in [6.07, 6.45) is 3.15. The molecule has 1 aromatic heterocycles. The standard InChI is InChI=1S/C43H51N3O12/c1-3-32-29-10-12-44-31(29)20-46(32)37-39-26(14-30-33(49)13-23(2)56-40(30)37)15-35(43(57-39)11-4-5-25(18-43)27-16-36(51)45-19-27)58-55-22-42(54,41(53)38(52)34(50)21-47)17-24-6-8-28(48)9-7-24/h6-10,12-14,20,25,27,32,34-35,38,41,47-48,50,52-54H,3-5,11,15-19,21-22H2,1-2H3,(H,45,51)/p+1/t25-,27+,32?,34-,35-,38-,41+,42+,43-/m1/s1. The number of allylic oxidation sites excluding steroid dienone is 1. The van der Waals surface area contributed by atoms with Crippen LogP contribution in [0.15, 0.2) is 74.1 Å². The van der Waals surface area contributed by atoms with E-state index in [1.54, 1.807) is 19.2 Å². The van der Waals surface area contributed by atoms with Gasteiger partial charge < -0.3 is 45.1 Å². The van der Waals surface area contributed by atoms with E-state index >= 15 is 0 Å². The second-order valence-electron chi connectivity index (χ2n) is 16.7. The SMILES string of the molecule is CCC1C2=CC=NC2=C[NH+]1c1c2c(cc3c(=O)cc(C)oc13)C[C@@H](OOC[C@@](O)(Cc1ccc(O)cc1)[C@@H](O)[C@H](O)[C@H](O)CO)[C@]1(CCC[C@@H]([C@@H]3CNC(=O)C3)C1)O2. The molecule has 8 N–H and O–H groups in total. The first kappa shape index (κ1) is 40.3. The summed E-state index contributed by atoms with van der Waals surface area (Å²) < 4.78 is 13.7. The summed E-state index contributed by atoms with van der Waals surface area (Å²) in [5.74, 6) is 1.22. The zero-order valence-corrected chi connectivity index (χ0v) is 32.6. The average molecular weight is 803 g/mol. The molecule has 1 spiro atoms. The Morgan fingerprint density at radius 3 is 2.64 bits per heavy atom. The van der Waals surface area contributed by atoms with Crippen molar-refractivity contribution >= 4 is 28.8 Å². The third-order valence-corrected chi connectivity index (χ3v) is 12.8. The number of aliphatic hydroxyl groups excluding tert-OH is 4. The Kier molecular flexibility index (Phi) is 11.1. The molecule has 2 aromatic carbocycles. The number of ether oxygens (including phenoxy) is 1. The van der Waals surface area contributed by atoms with Crippen LogP contribution in [0.1, 0.15) is 62.3 Å². The zero-order valence-electron chi connectivity index (χ0n) is 32.6. The maximum absolute atomic E-state index is 13.7. The molecule has 3 aromatic rings. The van der Waals surface area contributed by atoms with E-state index in [0.717, 1.165) is 35.4 Å². The normalized spacial score (nSPS) is 28.9. The van der Waals surface area contributed by atoms with Crippen LogP contribution in [0.3, 0.4) is 0 Å². The monoisotopic (exact) mass is 802 g/mol. The quantitative estimate of drug-likeness (QED) is 0.0906. The van der Waals surface area contributed by atoms with E-state index in [0.29, 0.717) is 65.1 Å². The van der Waals surface area contributed by atoms with Crippen molar-refractivity contribution in [2.24, 2.45) is 16.8 Å². The number of hydrogen-bond acceptors (Lipinski definition) is 13. The number of aliphatic imine (C=N–C) groups is 1. The van der Waals surface area contributed by atoms with E-state index < -0.39 is 48.8 Å². The lowest BCUT2D eigenvalue weighted by atomic mass is 9.68. The Labute approximate surface area is 334 Å². The first-order chi connectivity index (χ1) is 27.8. The summed E-state index contributed by atoms with van der Waals surface area (Å²) in [6, 6.07) is 9.10. The number of phenolic OH excluding ortho intramolecular Hbond substituents is 1. The molecule has 1 amide bonds. The molecule has 8 rings (SSSR count). The van der Waals surface area contributed by atoms with Gasteiger partial charge in [0.2, 0.25) is 17.2 Å². The fraction of sp³-hybridized carbons (Fsp3) is 0.512. The number of aryl methyl sites for hydroxylation is 1. The number of fused-ring (bicyclic) bond motifs is 3. The van der Waals surface area contributed by atoms with Crippen LogP contribution in [0.25, 0.3) is 11.0 Å². The molecule has 1 saturated carbocycles. The largest absolute Gasteiger partial charge is 0.508 e. The molecule has 58 heavy (non-hydrogen) atoms. The topological polar surface area (TPSA) is 225 Å². The minimum atomic E-state index is -2.25. The lowest BCUT2D eigenvalue weighted by Crippen LogP contribution is -3.05. The van der Waals surface area contributed by atoms with Crippen LogP contribution in [0.4, 0.5) is 5.69 Å². The predicted molar refractivity (Wildman–Crippen MR) is 209 cm³/mol. The number of phenols is 1. The van der Waals surface area contributed by atoms with Crippen LogP contribution in [-0.4, -0.2) is 104 Å². The van der Waals surface area contributed by atoms with Crippen molar-refractivity contribution < 1.29 is 59.3 Å². The molecule has 0 radical (unpaired) electrons. The molecule has 10 atom stereocenters. The van der Waals surface area contributed by atoms with Crippen molar-refractivity contribution in [3.05, 3.63) is 87.1 Å². The van der Waals surface area contributed by atoms with Gasteiger partial charge in [-0.2, -0.15) is 0 Å². The van der Waals surface area contributed by atoms with E-state index in [1.165, 1.54) is 30.3 Å². The van der Waals surface area contributed by atoms with Gasteiger partial charge in [0.25, 0.3) is 0 Å². The number of hydrogen-bond donors (Lipinski definition) is 8. The van der Waals surface area contributed by atoms with Crippen LogP contribution in [-0.2, 0) is 27.4 Å². The van der Waals surface area contributed by atoms with E-state index in [-0.39, 0.29) is 47.8 Å². The number of aromatic hydroxyl groups is 1. The smallest absolute Gasteiger partial charge is 0.222 e. The summed E-state index contributed by atoms with van der Waals surface area (Å²) in [7, 11) is 0. The molecule has 4 aliphatic heterocycles. The Morgan fingerprint density at radius 2 is 1.91 bits per heavy atom. The van der Waals surface area contributed by atoms with E-state index in [2.05, 4.69) is 17.2 Å². The van der Waals surface area contributed by atoms with Crippen LogP contribution >= 0.6 is 0 Å². The van der Waals surface area contributed by atoms with Gasteiger partial charge >= 0.3 is 0 Å². The Hall–Kier alpha value is -4.45. The average Bonchev–Trinajstić information content (AvgIpc) is 3.94. The van der Waals surface area contributed by atoms with Gasteiger partial charge in [-0.1, -0.05) is 19.1 Å². The highest BCUT2D eigenvalue weighted by Gasteiger charge is 2.54. The van der Waals surface area contributed by atoms with E-state index in [1.807, 2.05) is 12.3 Å². The molecule has 15 heteroatoms. The van der Waals surface area contributed by atoms with E-state index in [9.17, 15) is 40.2 Å². The predicted octanol–water partition coefficient (Wildman–Crippen LogP) is 1.33. The fourth-order valence-electron chi connectivity index (χ4n) is 9.75. The molecule has 2 fully saturated rings. The molecule has 0 bridgehead atoms. The maximum atomic E-state index is 13.7. The Bertz CT molecular complexity index is 2200. The van der Waals surface area contributed by atoms with Gasteiger partial charge in [0, 0.05) is 55.6 Å². The number of quaternary nitrogens is 1. The Balaban J connectivity index is 1.18. The molecule has 5 heterocycles. The van der Waals surface area contributed by atoms with E-state index in [4.69, 9.17) is 18.9 Å². The van der Waals surface area contributed by atoms with Gasteiger partial charge in [0.05, 0.1) is 12.0 Å². The number of rotatable bonds is 13. The van der Waals surface area contributed by atoms with Crippen molar-refractivity contribution in [3.8, 4) is 11.5 Å². The second kappa shape index (κ2) is 16.0. The summed E-state index contributed by atoms with van der Waals surface area (Å²) in [4.78, 5) is 43.8. The molecule has 2 unspecified atom stereocenters. The number of aliphatic hydroxyl groups is 5. The number of amides is 1. The van der Waals surface area contributed by atoms with Crippen LogP contribution in [0.2, 0.25) is 0 Å². The van der Waals surface area contributed by atoms with Crippen molar-refractivity contribution in [1.82, 2.24) is 5.32 Å². The zero-order chi connectivity index (χ0) is 40.9. The van der Waals surface area contributed by atoms with Crippen LogP contribution in [0, 0.1) is 18.8 Å². The van der Waals surface area contributed by atoms with Gasteiger partial charge in [0.1, 0.15) is 71.7 Å². The summed E-state index contributed by atoms with van der Waals surface area (Å²) in [5.41, 5.74) is 0.768. The third kappa shape index (κ3) is 7.39. The van der Waals surface area contributed by atoms with Crippen LogP contribution in [0.5, 0.6) is 11.5 Å². The Morgan fingerprint density at radius 1 is 1.12 bits per heavy atom. The number of carbonyl (C=O) groups is 1. The van der Waals surface area contributed by atoms with Gasteiger partial charge in [-0.05, 0) is 74.3 Å². The first-order valence-corrected chi connectivity index (χ1v) is 20.2. The summed E-state index contributed by atoms with van der Waals surface area (Å²) in [5, 5.41) is 66.9. The van der Waals surface area contributed by atoms with Crippen molar-refractivity contribution in [2.75, 3.05) is 19.8 Å². The van der Waals surface area contributed by atoms with Crippen molar-refractivity contribution in [2.45, 2.75) is 107 Å². The summed E-state index contributed by atoms with van der Waals surface area (Å²) in [6.45, 7) is 2.86. The number of nitrogens with one attached hydrogen (secondary N) is 2. The highest BCUT2D eigenvalue weighted by atomic mass is 17.2.